The second-order valence-corrected chi connectivity index (χ2v) is 9.03. The van der Waals surface area contributed by atoms with Gasteiger partial charge in [-0.15, -0.1) is 21.5 Å². The molecule has 2 unspecified atom stereocenters. The van der Waals surface area contributed by atoms with E-state index in [-0.39, 0.29) is 17.0 Å². The van der Waals surface area contributed by atoms with Crippen molar-refractivity contribution >= 4 is 17.2 Å². The molecular weight excluding hydrogens is 322 g/mol. The van der Waals surface area contributed by atoms with Crippen LogP contribution in [0.2, 0.25) is 0 Å². The maximum Gasteiger partial charge on any atom is 0.225 e. The lowest BCUT2D eigenvalue weighted by Crippen LogP contribution is -2.66. The van der Waals surface area contributed by atoms with Crippen LogP contribution >= 0.6 is 11.3 Å². The number of aromatic nitrogens is 4. The van der Waals surface area contributed by atoms with Gasteiger partial charge in [0, 0.05) is 10.4 Å². The quantitative estimate of drug-likeness (QED) is 0.923. The Labute approximate surface area is 144 Å². The molecule has 24 heavy (non-hydrogen) atoms. The fraction of sp³-hybridized carbons (Fsp3) is 0.647. The molecule has 0 aromatic carbocycles. The van der Waals surface area contributed by atoms with Crippen molar-refractivity contribution in [2.75, 3.05) is 0 Å². The van der Waals surface area contributed by atoms with Gasteiger partial charge in [-0.3, -0.25) is 4.79 Å². The van der Waals surface area contributed by atoms with E-state index in [1.807, 2.05) is 22.3 Å². The zero-order chi connectivity index (χ0) is 16.2. The summed E-state index contributed by atoms with van der Waals surface area (Å²) in [6, 6.07) is 4.04. The lowest BCUT2D eigenvalue weighted by atomic mass is 9.50. The Hall–Kier alpha value is -1.76. The molecule has 2 heterocycles. The lowest BCUT2D eigenvalue weighted by Gasteiger charge is -2.61. The number of carbonyl (C=O) groups excluding carboxylic acids is 1. The van der Waals surface area contributed by atoms with Gasteiger partial charge in [0.05, 0.1) is 12.0 Å². The van der Waals surface area contributed by atoms with Crippen molar-refractivity contribution in [1.82, 2.24) is 25.5 Å². The Morgan fingerprint density at radius 3 is 2.83 bits per heavy atom. The maximum absolute atomic E-state index is 12.6. The van der Waals surface area contributed by atoms with Crippen LogP contribution in [0.15, 0.2) is 23.8 Å². The number of tetrazole rings is 1. The predicted octanol–water partition coefficient (Wildman–Crippen LogP) is 2.14. The summed E-state index contributed by atoms with van der Waals surface area (Å²) in [5, 5.41) is 18.0. The standard InChI is InChI=1S/C17H21N5OS/c23-15(5-14-2-1-3-24-14)20-16-6-12-4-13(7-16)9-17(8-12,10-16)22-19-11-18-21-22/h1-3,11-13H,4-10H2,(H,20,23). The largest absolute Gasteiger partial charge is 0.350 e. The van der Waals surface area contributed by atoms with Gasteiger partial charge in [-0.05, 0) is 67.0 Å². The molecule has 0 saturated heterocycles. The first-order chi connectivity index (χ1) is 11.6. The van der Waals surface area contributed by atoms with E-state index in [9.17, 15) is 4.79 Å². The van der Waals surface area contributed by atoms with Crippen LogP contribution in [0, 0.1) is 11.8 Å². The molecule has 126 valence electrons. The molecule has 2 aromatic rings. The third kappa shape index (κ3) is 2.29. The first kappa shape index (κ1) is 14.6. The van der Waals surface area contributed by atoms with E-state index in [2.05, 4.69) is 20.7 Å². The Morgan fingerprint density at radius 1 is 1.33 bits per heavy atom. The first-order valence-electron chi connectivity index (χ1n) is 8.72. The molecule has 0 spiro atoms. The van der Waals surface area contributed by atoms with Gasteiger partial charge in [0.15, 0.2) is 6.33 Å². The highest BCUT2D eigenvalue weighted by atomic mass is 32.1. The SMILES string of the molecule is O=C(Cc1cccs1)NC12CC3CC(C1)CC(n1ncnn1)(C3)C2. The summed E-state index contributed by atoms with van der Waals surface area (Å²) in [5.74, 6) is 1.49. The number of carbonyl (C=O) groups is 1. The number of hydrogen-bond acceptors (Lipinski definition) is 5. The summed E-state index contributed by atoms with van der Waals surface area (Å²) >= 11 is 1.65. The van der Waals surface area contributed by atoms with E-state index in [0.29, 0.717) is 18.3 Å². The van der Waals surface area contributed by atoms with Crippen molar-refractivity contribution in [3.8, 4) is 0 Å². The van der Waals surface area contributed by atoms with Gasteiger partial charge >= 0.3 is 0 Å². The van der Waals surface area contributed by atoms with Gasteiger partial charge in [-0.1, -0.05) is 6.07 Å². The van der Waals surface area contributed by atoms with E-state index < -0.39 is 0 Å². The van der Waals surface area contributed by atoms with Gasteiger partial charge in [-0.2, -0.15) is 4.80 Å². The Morgan fingerprint density at radius 2 is 2.17 bits per heavy atom. The van der Waals surface area contributed by atoms with Crippen LogP contribution in [0.3, 0.4) is 0 Å². The monoisotopic (exact) mass is 343 g/mol. The summed E-state index contributed by atoms with van der Waals surface area (Å²) in [5.41, 5.74) is -0.122. The fourth-order valence-corrected chi connectivity index (χ4v) is 6.59. The van der Waals surface area contributed by atoms with E-state index in [0.717, 1.165) is 37.0 Å². The molecule has 7 heteroatoms. The average molecular weight is 343 g/mol. The van der Waals surface area contributed by atoms with Crippen LogP contribution in [0.4, 0.5) is 0 Å². The van der Waals surface area contributed by atoms with Crippen molar-refractivity contribution in [3.63, 3.8) is 0 Å². The summed E-state index contributed by atoms with van der Waals surface area (Å²) < 4.78 is 0. The predicted molar refractivity (Wildman–Crippen MR) is 89.4 cm³/mol. The highest BCUT2D eigenvalue weighted by molar-refractivity contribution is 7.10. The summed E-state index contributed by atoms with van der Waals surface area (Å²) in [7, 11) is 0. The molecule has 4 aliphatic rings. The van der Waals surface area contributed by atoms with Crippen molar-refractivity contribution < 1.29 is 4.79 Å². The van der Waals surface area contributed by atoms with Gasteiger partial charge in [0.25, 0.3) is 0 Å². The molecule has 2 atom stereocenters. The second kappa shape index (κ2) is 5.12. The van der Waals surface area contributed by atoms with Crippen molar-refractivity contribution in [2.24, 2.45) is 11.8 Å². The van der Waals surface area contributed by atoms with Crippen LogP contribution in [-0.2, 0) is 16.8 Å². The average Bonchev–Trinajstić information content (AvgIpc) is 3.18. The minimum Gasteiger partial charge on any atom is -0.350 e. The zero-order valence-electron chi connectivity index (χ0n) is 13.5. The molecule has 1 amide bonds. The molecule has 4 aliphatic carbocycles. The van der Waals surface area contributed by atoms with Crippen LogP contribution in [0.25, 0.3) is 0 Å². The minimum atomic E-state index is -0.0773. The summed E-state index contributed by atoms with van der Waals surface area (Å²) in [6.07, 6.45) is 8.72. The Kier molecular flexibility index (Phi) is 3.11. The van der Waals surface area contributed by atoms with E-state index in [1.165, 1.54) is 12.7 Å². The van der Waals surface area contributed by atoms with Crippen molar-refractivity contribution in [2.45, 2.75) is 56.0 Å². The number of rotatable bonds is 4. The van der Waals surface area contributed by atoms with E-state index in [4.69, 9.17) is 0 Å². The molecule has 4 bridgehead atoms. The van der Waals surface area contributed by atoms with Gasteiger partial charge in [-0.25, -0.2) is 0 Å². The van der Waals surface area contributed by atoms with Crippen LogP contribution < -0.4 is 5.32 Å². The Bertz CT molecular complexity index is 727. The smallest absolute Gasteiger partial charge is 0.225 e. The number of amides is 1. The first-order valence-corrected chi connectivity index (χ1v) is 9.60. The molecule has 1 N–H and O–H groups in total. The molecule has 4 fully saturated rings. The van der Waals surface area contributed by atoms with Gasteiger partial charge < -0.3 is 5.32 Å². The highest BCUT2D eigenvalue weighted by Crippen LogP contribution is 2.60. The minimum absolute atomic E-state index is 0.0448. The molecule has 0 aliphatic heterocycles. The summed E-state index contributed by atoms with van der Waals surface area (Å²) in [4.78, 5) is 15.6. The molecule has 0 radical (unpaired) electrons. The second-order valence-electron chi connectivity index (χ2n) is 8.00. The van der Waals surface area contributed by atoms with Gasteiger partial charge in [0.2, 0.25) is 5.91 Å². The molecular formula is C17H21N5OS. The van der Waals surface area contributed by atoms with Crippen LogP contribution in [0.1, 0.15) is 43.4 Å². The number of nitrogens with one attached hydrogen (secondary N) is 1. The van der Waals surface area contributed by atoms with Crippen molar-refractivity contribution in [3.05, 3.63) is 28.7 Å². The molecule has 6 rings (SSSR count). The Balaban J connectivity index is 1.40. The van der Waals surface area contributed by atoms with Gasteiger partial charge in [0.1, 0.15) is 0 Å². The lowest BCUT2D eigenvalue weighted by molar-refractivity contribution is -0.130. The fourth-order valence-electron chi connectivity index (χ4n) is 5.89. The van der Waals surface area contributed by atoms with E-state index in [1.54, 1.807) is 11.3 Å². The third-order valence-corrected chi connectivity index (χ3v) is 7.00. The molecule has 6 nitrogen and oxygen atoms in total. The topological polar surface area (TPSA) is 72.7 Å². The molecule has 2 aromatic heterocycles. The molecule has 4 saturated carbocycles. The normalized spacial score (nSPS) is 36.8. The maximum atomic E-state index is 12.6. The van der Waals surface area contributed by atoms with Crippen molar-refractivity contribution in [1.29, 1.82) is 0 Å². The van der Waals surface area contributed by atoms with Crippen LogP contribution in [0.5, 0.6) is 0 Å². The number of thiophene rings is 1. The number of hydrogen-bond donors (Lipinski definition) is 1. The third-order valence-electron chi connectivity index (χ3n) is 6.12. The summed E-state index contributed by atoms with van der Waals surface area (Å²) in [6.45, 7) is 0. The van der Waals surface area contributed by atoms with E-state index >= 15 is 0 Å². The number of nitrogens with zero attached hydrogens (tertiary/aromatic N) is 4. The highest BCUT2D eigenvalue weighted by Gasteiger charge is 2.60. The zero-order valence-corrected chi connectivity index (χ0v) is 14.3. The van der Waals surface area contributed by atoms with Crippen LogP contribution in [-0.4, -0.2) is 31.7 Å².